The molecule has 10 rings (SSSR count). The molecule has 2 N–H and O–H groups in total. The highest BCUT2D eigenvalue weighted by Crippen LogP contribution is 2.66. The van der Waals surface area contributed by atoms with Gasteiger partial charge in [0.1, 0.15) is 51.0 Å². The van der Waals surface area contributed by atoms with E-state index in [2.05, 4.69) is 39.7 Å². The zero-order chi connectivity index (χ0) is 43.9. The molecule has 0 amide bonds. The molecule has 4 aliphatic carbocycles. The molecule has 2 unspecified atom stereocenters. The van der Waals surface area contributed by atoms with Crippen molar-refractivity contribution in [2.24, 2.45) is 11.8 Å². The zero-order valence-electron chi connectivity index (χ0n) is 34.4. The van der Waals surface area contributed by atoms with Crippen LogP contribution < -0.4 is 14.2 Å². The van der Waals surface area contributed by atoms with Gasteiger partial charge in [-0.15, -0.1) is 4.33 Å². The summed E-state index contributed by atoms with van der Waals surface area (Å²) < 4.78 is 58.4. The maximum atomic E-state index is 13.4. The minimum atomic E-state index is -4.80. The molecule has 320 valence electrons. The fourth-order valence-corrected chi connectivity index (χ4v) is 11.6. The van der Waals surface area contributed by atoms with E-state index in [9.17, 15) is 23.0 Å². The molecule has 4 saturated carbocycles. The molecule has 0 aromatic heterocycles. The molecule has 4 bridgehead atoms. The third-order valence-electron chi connectivity index (χ3n) is 12.9. The predicted octanol–water partition coefficient (Wildman–Crippen LogP) is 12.2. The molecule has 11 nitrogen and oxygen atoms in total. The minimum absolute atomic E-state index is 0.00155. The van der Waals surface area contributed by atoms with Crippen molar-refractivity contribution in [1.29, 1.82) is 5.26 Å². The average molecular weight is 882 g/mol. The number of nitriles is 1. The van der Waals surface area contributed by atoms with Crippen LogP contribution in [-0.2, 0) is 30.3 Å². The first-order valence-electron chi connectivity index (χ1n) is 20.6. The molecule has 4 aliphatic rings. The summed E-state index contributed by atoms with van der Waals surface area (Å²) in [5.41, 5.74) is 4.90. The van der Waals surface area contributed by atoms with Crippen LogP contribution in [0.3, 0.4) is 0 Å². The van der Waals surface area contributed by atoms with E-state index in [1.54, 1.807) is 31.2 Å². The van der Waals surface area contributed by atoms with Gasteiger partial charge in [-0.1, -0.05) is 65.2 Å². The normalized spacial score (nSPS) is 21.1. The molecular formula is C50H43NO10S2. The molecule has 13 heteroatoms. The number of hydrogen-bond donors (Lipinski definition) is 2. The maximum Gasteiger partial charge on any atom is 0.298 e. The fourth-order valence-electron chi connectivity index (χ4n) is 10.5. The van der Waals surface area contributed by atoms with Gasteiger partial charge in [0, 0.05) is 16.0 Å². The Hall–Kier alpha value is -5.98. The molecule has 0 spiro atoms. The molecule has 6 aromatic rings. The van der Waals surface area contributed by atoms with Crippen LogP contribution in [0.2, 0.25) is 0 Å². The van der Waals surface area contributed by atoms with Crippen LogP contribution in [0, 0.1) is 37.0 Å². The van der Waals surface area contributed by atoms with Crippen LogP contribution in [0.4, 0.5) is 0 Å². The Morgan fingerprint density at radius 3 is 1.73 bits per heavy atom. The van der Waals surface area contributed by atoms with Crippen LogP contribution in [0.15, 0.2) is 137 Å². The number of nitrogens with zero attached hydrogens (tertiary/aromatic N) is 1. The van der Waals surface area contributed by atoms with E-state index in [0.717, 1.165) is 49.3 Å². The summed E-state index contributed by atoms with van der Waals surface area (Å²) in [5, 5.41) is 22.3. The van der Waals surface area contributed by atoms with Gasteiger partial charge in [0.05, 0.1) is 12.0 Å². The Morgan fingerprint density at radius 1 is 0.698 bits per heavy atom. The van der Waals surface area contributed by atoms with Gasteiger partial charge in [0.25, 0.3) is 10.1 Å². The van der Waals surface area contributed by atoms with Gasteiger partial charge in [-0.25, -0.2) is 5.26 Å². The SMILES string of the molecule is Cc1ccc(Oc2cccc(Oc3ccc(C45CC6CC(CC(c7ccc(Oc8ccc(C(=O)c9ccc(C)c(SOOO)c9)cc8S(=O)(=O)O)cc7)(C6)C4)C5)cc3)c2C#N)cc1. The number of hydrogen-bond acceptors (Lipinski definition) is 11. The van der Waals surface area contributed by atoms with Crippen molar-refractivity contribution in [1.82, 2.24) is 0 Å². The van der Waals surface area contributed by atoms with Crippen molar-refractivity contribution in [3.8, 4) is 40.6 Å². The smallest absolute Gasteiger partial charge is 0.298 e. The van der Waals surface area contributed by atoms with Crippen molar-refractivity contribution in [3.63, 3.8) is 0 Å². The van der Waals surface area contributed by atoms with Crippen molar-refractivity contribution in [2.45, 2.75) is 73.0 Å². The van der Waals surface area contributed by atoms with Crippen LogP contribution in [0.5, 0.6) is 34.5 Å². The van der Waals surface area contributed by atoms with Gasteiger partial charge in [0.2, 0.25) is 0 Å². The summed E-state index contributed by atoms with van der Waals surface area (Å²) in [5.74, 6) is 3.06. The number of carbonyl (C=O) groups is 1. The monoisotopic (exact) mass is 881 g/mol. The van der Waals surface area contributed by atoms with Gasteiger partial charge < -0.3 is 14.2 Å². The summed E-state index contributed by atoms with van der Waals surface area (Å²) in [4.78, 5) is 13.4. The Bertz CT molecular complexity index is 2840. The Balaban J connectivity index is 0.919. The first kappa shape index (κ1) is 42.3. The van der Waals surface area contributed by atoms with Gasteiger partial charge in [-0.05, 0) is 165 Å². The summed E-state index contributed by atoms with van der Waals surface area (Å²) in [6, 6.07) is 40.1. The second-order valence-electron chi connectivity index (χ2n) is 17.1. The van der Waals surface area contributed by atoms with E-state index >= 15 is 0 Å². The summed E-state index contributed by atoms with van der Waals surface area (Å²) >= 11 is 0.707. The fraction of sp³-hybridized carbons (Fsp3) is 0.240. The standard InChI is InChI=1S/C50H43NO10S2/c1-31-6-15-39(16-7-31)57-43-4-3-5-44(42(43)29-51)58-40-17-11-37(12-18-40)49-25-33-22-34(26-49)28-50(27-33,30-49)38-13-19-41(20-14-38)59-45-21-10-36(24-47(45)63(54,55)56)48(52)35-9-8-32(2)46(23-35)62-61-60-53/h3-21,23-24,33-34,53H,22,25-28,30H2,1-2H3,(H,54,55,56). The van der Waals surface area contributed by atoms with E-state index in [0.29, 0.717) is 63.1 Å². The van der Waals surface area contributed by atoms with Crippen LogP contribution in [-0.4, -0.2) is 24.0 Å². The highest BCUT2D eigenvalue weighted by atomic mass is 32.2. The summed E-state index contributed by atoms with van der Waals surface area (Å²) in [6.45, 7) is 3.79. The number of ether oxygens (including phenoxy) is 3. The lowest BCUT2D eigenvalue weighted by molar-refractivity contribution is -0.432. The lowest BCUT2D eigenvalue weighted by Crippen LogP contribution is -2.55. The van der Waals surface area contributed by atoms with Crippen molar-refractivity contribution in [2.75, 3.05) is 0 Å². The molecular weight excluding hydrogens is 839 g/mol. The maximum absolute atomic E-state index is 13.4. The first-order valence-corrected chi connectivity index (χ1v) is 22.8. The largest absolute Gasteiger partial charge is 0.456 e. The van der Waals surface area contributed by atoms with E-state index in [-0.39, 0.29) is 27.7 Å². The van der Waals surface area contributed by atoms with E-state index in [1.807, 2.05) is 61.5 Å². The molecule has 63 heavy (non-hydrogen) atoms. The van der Waals surface area contributed by atoms with Gasteiger partial charge in [-0.2, -0.15) is 13.7 Å². The van der Waals surface area contributed by atoms with Crippen molar-refractivity contribution >= 4 is 27.9 Å². The van der Waals surface area contributed by atoms with Crippen molar-refractivity contribution < 1.29 is 46.6 Å². The molecule has 0 aliphatic heterocycles. The third kappa shape index (κ3) is 8.58. The number of rotatable bonds is 14. The van der Waals surface area contributed by atoms with Gasteiger partial charge in [0.15, 0.2) is 5.78 Å². The van der Waals surface area contributed by atoms with Gasteiger partial charge in [-0.3, -0.25) is 9.35 Å². The summed E-state index contributed by atoms with van der Waals surface area (Å²) in [7, 11) is -4.80. The molecule has 2 atom stereocenters. The molecule has 0 radical (unpaired) electrons. The summed E-state index contributed by atoms with van der Waals surface area (Å²) in [6.07, 6.45) is 6.65. The highest BCUT2D eigenvalue weighted by molar-refractivity contribution is 7.94. The molecule has 6 aromatic carbocycles. The van der Waals surface area contributed by atoms with E-state index < -0.39 is 20.8 Å². The number of carbonyl (C=O) groups excluding carboxylic acids is 1. The second-order valence-corrected chi connectivity index (χ2v) is 19.2. The lowest BCUT2D eigenvalue weighted by Gasteiger charge is -2.62. The van der Waals surface area contributed by atoms with E-state index in [4.69, 9.17) is 19.5 Å². The molecule has 4 fully saturated rings. The zero-order valence-corrected chi connectivity index (χ0v) is 36.1. The minimum Gasteiger partial charge on any atom is -0.456 e. The highest BCUT2D eigenvalue weighted by Gasteiger charge is 2.58. The third-order valence-corrected chi connectivity index (χ3v) is 14.5. The Kier molecular flexibility index (Phi) is 11.4. The van der Waals surface area contributed by atoms with Crippen LogP contribution in [0.25, 0.3) is 0 Å². The quantitative estimate of drug-likeness (QED) is 0.0351. The van der Waals surface area contributed by atoms with E-state index in [1.165, 1.54) is 35.7 Å². The number of aryl methyl sites for hydroxylation is 2. The average Bonchev–Trinajstić information content (AvgIpc) is 3.26. The van der Waals surface area contributed by atoms with Crippen LogP contribution in [0.1, 0.15) is 82.3 Å². The first-order chi connectivity index (χ1) is 30.3. The lowest BCUT2D eigenvalue weighted by atomic mass is 9.42. The topological polar surface area (TPSA) is 162 Å². The second kappa shape index (κ2) is 17.0. The molecule has 0 saturated heterocycles. The van der Waals surface area contributed by atoms with Crippen molar-refractivity contribution in [3.05, 3.63) is 166 Å². The Labute approximate surface area is 370 Å². The number of ketones is 1. The molecule has 0 heterocycles. The van der Waals surface area contributed by atoms with Gasteiger partial charge >= 0.3 is 0 Å². The predicted molar refractivity (Wildman–Crippen MR) is 235 cm³/mol. The Morgan fingerprint density at radius 2 is 1.21 bits per heavy atom. The number of benzene rings is 6. The van der Waals surface area contributed by atoms with Crippen LogP contribution >= 0.6 is 12.0 Å².